The van der Waals surface area contributed by atoms with Crippen LogP contribution in [0.4, 0.5) is 11.4 Å². The van der Waals surface area contributed by atoms with E-state index in [4.69, 9.17) is 0 Å². The van der Waals surface area contributed by atoms with E-state index in [2.05, 4.69) is 15.5 Å². The number of nitrogens with one attached hydrogen (secondary N) is 2. The number of piperidine rings is 1. The summed E-state index contributed by atoms with van der Waals surface area (Å²) in [5, 5.41) is 15.8. The lowest BCUT2D eigenvalue weighted by Crippen LogP contribution is -2.45. The molecule has 6 heteroatoms. The summed E-state index contributed by atoms with van der Waals surface area (Å²) in [6.07, 6.45) is 1.83. The second-order valence-electron chi connectivity index (χ2n) is 7.72. The van der Waals surface area contributed by atoms with Crippen LogP contribution in [0.5, 0.6) is 0 Å². The summed E-state index contributed by atoms with van der Waals surface area (Å²) in [6, 6.07) is 14.6. The highest BCUT2D eigenvalue weighted by molar-refractivity contribution is 6.04. The van der Waals surface area contributed by atoms with Crippen molar-refractivity contribution < 1.29 is 14.7 Å². The van der Waals surface area contributed by atoms with Gasteiger partial charge in [-0.3, -0.25) is 14.5 Å². The molecule has 1 unspecified atom stereocenters. The normalized spacial score (nSPS) is 19.8. The first-order chi connectivity index (χ1) is 13.3. The van der Waals surface area contributed by atoms with E-state index in [9.17, 15) is 14.7 Å². The first-order valence-electron chi connectivity index (χ1n) is 9.53. The summed E-state index contributed by atoms with van der Waals surface area (Å²) in [4.78, 5) is 25.9. The van der Waals surface area contributed by atoms with Gasteiger partial charge in [-0.15, -0.1) is 0 Å². The number of likely N-dealkylation sites (tertiary alicyclic amines) is 1. The highest BCUT2D eigenvalue weighted by atomic mass is 16.3. The van der Waals surface area contributed by atoms with Crippen molar-refractivity contribution in [2.24, 2.45) is 0 Å². The molecule has 0 aliphatic carbocycles. The Kier molecular flexibility index (Phi) is 6.11. The van der Waals surface area contributed by atoms with E-state index >= 15 is 0 Å². The van der Waals surface area contributed by atoms with Gasteiger partial charge < -0.3 is 15.7 Å². The molecule has 2 aromatic carbocycles. The van der Waals surface area contributed by atoms with Gasteiger partial charge >= 0.3 is 0 Å². The van der Waals surface area contributed by atoms with Crippen molar-refractivity contribution in [3.8, 4) is 0 Å². The van der Waals surface area contributed by atoms with Crippen LogP contribution < -0.4 is 10.6 Å². The minimum Gasteiger partial charge on any atom is -0.389 e. The number of benzene rings is 2. The van der Waals surface area contributed by atoms with Gasteiger partial charge in [0.15, 0.2) is 0 Å². The van der Waals surface area contributed by atoms with E-state index in [-0.39, 0.29) is 11.8 Å². The van der Waals surface area contributed by atoms with Gasteiger partial charge in [0.05, 0.1) is 5.60 Å². The summed E-state index contributed by atoms with van der Waals surface area (Å²) in [5.74, 6) is -0.360. The predicted octanol–water partition coefficient (Wildman–Crippen LogP) is 3.24. The Hall–Kier alpha value is -2.70. The fourth-order valence-corrected chi connectivity index (χ4v) is 3.56. The molecule has 1 aliphatic rings. The van der Waals surface area contributed by atoms with Crippen LogP contribution in [-0.2, 0) is 11.3 Å². The van der Waals surface area contributed by atoms with Gasteiger partial charge in [-0.2, -0.15) is 0 Å². The second-order valence-corrected chi connectivity index (χ2v) is 7.72. The zero-order valence-corrected chi connectivity index (χ0v) is 16.4. The number of amides is 2. The van der Waals surface area contributed by atoms with Crippen molar-refractivity contribution >= 4 is 23.2 Å². The van der Waals surface area contributed by atoms with Gasteiger partial charge in [0.1, 0.15) is 0 Å². The van der Waals surface area contributed by atoms with Crippen molar-refractivity contribution in [2.45, 2.75) is 38.8 Å². The smallest absolute Gasteiger partial charge is 0.255 e. The van der Waals surface area contributed by atoms with Crippen LogP contribution in [0.25, 0.3) is 0 Å². The standard InChI is InChI=1S/C22H27N3O3/c1-16(26)23-19-5-3-6-20(13-19)24-21(27)18-9-7-17(8-10-18)14-25-12-4-11-22(2,28)15-25/h3,5-10,13,28H,4,11-12,14-15H2,1-2H3,(H,23,26)(H,24,27). The van der Waals surface area contributed by atoms with Crippen LogP contribution in [0.15, 0.2) is 48.5 Å². The second kappa shape index (κ2) is 8.54. The molecule has 1 atom stereocenters. The Morgan fingerprint density at radius 1 is 1.11 bits per heavy atom. The van der Waals surface area contributed by atoms with Crippen LogP contribution in [0, 0.1) is 0 Å². The topological polar surface area (TPSA) is 81.7 Å². The molecule has 3 N–H and O–H groups in total. The number of aliphatic hydroxyl groups is 1. The number of β-amino-alcohol motifs (C(OH)–C–C–N with tert-alkyl or cyclic N) is 1. The number of carbonyl (C=O) groups excluding carboxylic acids is 2. The van der Waals surface area contributed by atoms with Crippen molar-refractivity contribution in [1.82, 2.24) is 4.90 Å². The van der Waals surface area contributed by atoms with Gasteiger partial charge in [0.25, 0.3) is 5.91 Å². The molecular formula is C22H27N3O3. The molecule has 0 spiro atoms. The molecule has 28 heavy (non-hydrogen) atoms. The maximum atomic E-state index is 12.5. The summed E-state index contributed by atoms with van der Waals surface area (Å²) in [7, 11) is 0. The van der Waals surface area contributed by atoms with E-state index < -0.39 is 5.60 Å². The molecule has 1 fully saturated rings. The SMILES string of the molecule is CC(=O)Nc1cccc(NC(=O)c2ccc(CN3CCCC(C)(O)C3)cc2)c1. The van der Waals surface area contributed by atoms with E-state index in [1.807, 2.05) is 31.2 Å². The summed E-state index contributed by atoms with van der Waals surface area (Å²) < 4.78 is 0. The Labute approximate surface area is 165 Å². The lowest BCUT2D eigenvalue weighted by molar-refractivity contribution is -0.114. The Bertz CT molecular complexity index is 846. The maximum Gasteiger partial charge on any atom is 0.255 e. The highest BCUT2D eigenvalue weighted by Crippen LogP contribution is 2.22. The van der Waals surface area contributed by atoms with Crippen LogP contribution in [0.2, 0.25) is 0 Å². The molecule has 148 valence electrons. The predicted molar refractivity (Wildman–Crippen MR) is 110 cm³/mol. The Morgan fingerprint density at radius 2 is 1.79 bits per heavy atom. The van der Waals surface area contributed by atoms with Crippen LogP contribution in [0.1, 0.15) is 42.6 Å². The first-order valence-corrected chi connectivity index (χ1v) is 9.53. The maximum absolute atomic E-state index is 12.5. The van der Waals surface area contributed by atoms with Gasteiger partial charge in [0, 0.05) is 37.0 Å². The van der Waals surface area contributed by atoms with Crippen LogP contribution >= 0.6 is 0 Å². The molecule has 1 aliphatic heterocycles. The molecule has 1 heterocycles. The molecule has 0 bridgehead atoms. The molecule has 0 radical (unpaired) electrons. The molecule has 2 aromatic rings. The van der Waals surface area contributed by atoms with Crippen LogP contribution in [0.3, 0.4) is 0 Å². The Balaban J connectivity index is 1.60. The fourth-order valence-electron chi connectivity index (χ4n) is 3.56. The zero-order valence-electron chi connectivity index (χ0n) is 16.4. The quantitative estimate of drug-likeness (QED) is 0.743. The minimum absolute atomic E-state index is 0.158. The summed E-state index contributed by atoms with van der Waals surface area (Å²) >= 11 is 0. The highest BCUT2D eigenvalue weighted by Gasteiger charge is 2.28. The average Bonchev–Trinajstić information content (AvgIpc) is 2.61. The molecule has 0 saturated carbocycles. The summed E-state index contributed by atoms with van der Waals surface area (Å²) in [5.41, 5.74) is 2.32. The van der Waals surface area contributed by atoms with Crippen molar-refractivity contribution in [1.29, 1.82) is 0 Å². The molecule has 1 saturated heterocycles. The first kappa shape index (κ1) is 20.0. The van der Waals surface area contributed by atoms with Gasteiger partial charge in [-0.05, 0) is 62.2 Å². The third-order valence-corrected chi connectivity index (χ3v) is 4.82. The van der Waals surface area contributed by atoms with Crippen molar-refractivity contribution in [3.63, 3.8) is 0 Å². The van der Waals surface area contributed by atoms with Crippen molar-refractivity contribution in [3.05, 3.63) is 59.7 Å². The number of hydrogen-bond donors (Lipinski definition) is 3. The minimum atomic E-state index is -0.621. The molecular weight excluding hydrogens is 354 g/mol. The van der Waals surface area contributed by atoms with Gasteiger partial charge in [-0.1, -0.05) is 18.2 Å². The van der Waals surface area contributed by atoms with E-state index in [0.29, 0.717) is 23.5 Å². The molecule has 2 amide bonds. The largest absolute Gasteiger partial charge is 0.389 e. The lowest BCUT2D eigenvalue weighted by atomic mass is 9.95. The summed E-state index contributed by atoms with van der Waals surface area (Å²) in [6.45, 7) is 5.73. The Morgan fingerprint density at radius 3 is 2.43 bits per heavy atom. The molecule has 3 rings (SSSR count). The number of anilines is 2. The van der Waals surface area contributed by atoms with Crippen LogP contribution in [-0.4, -0.2) is 40.5 Å². The van der Waals surface area contributed by atoms with E-state index in [1.54, 1.807) is 24.3 Å². The number of hydrogen-bond acceptors (Lipinski definition) is 4. The van der Waals surface area contributed by atoms with E-state index in [0.717, 1.165) is 31.5 Å². The zero-order chi connectivity index (χ0) is 20.1. The van der Waals surface area contributed by atoms with Gasteiger partial charge in [-0.25, -0.2) is 0 Å². The lowest BCUT2D eigenvalue weighted by Gasteiger charge is -2.36. The molecule has 0 aromatic heterocycles. The van der Waals surface area contributed by atoms with Gasteiger partial charge in [0.2, 0.25) is 5.91 Å². The van der Waals surface area contributed by atoms with E-state index in [1.165, 1.54) is 6.92 Å². The van der Waals surface area contributed by atoms with Crippen molar-refractivity contribution in [2.75, 3.05) is 23.7 Å². The number of nitrogens with zero attached hydrogens (tertiary/aromatic N) is 1. The third-order valence-electron chi connectivity index (χ3n) is 4.82. The molecule has 6 nitrogen and oxygen atoms in total. The fraction of sp³-hybridized carbons (Fsp3) is 0.364. The monoisotopic (exact) mass is 381 g/mol. The third kappa shape index (κ3) is 5.65. The number of rotatable bonds is 5. The average molecular weight is 381 g/mol. The number of carbonyl (C=O) groups is 2.